The third kappa shape index (κ3) is 2.57. The van der Waals surface area contributed by atoms with Crippen molar-refractivity contribution in [3.8, 4) is 17.2 Å². The Bertz CT molecular complexity index is 576. The van der Waals surface area contributed by atoms with Gasteiger partial charge in [-0.25, -0.2) is 0 Å². The number of aromatic nitrogens is 3. The molecule has 1 fully saturated rings. The predicted molar refractivity (Wildman–Crippen MR) is 76.3 cm³/mol. The van der Waals surface area contributed by atoms with E-state index in [1.165, 1.54) is 6.20 Å². The molecule has 2 unspecified atom stereocenters. The average Bonchev–Trinajstić information content (AvgIpc) is 2.89. The lowest BCUT2D eigenvalue weighted by atomic mass is 10.2. The summed E-state index contributed by atoms with van der Waals surface area (Å²) < 4.78 is 5.26. The lowest BCUT2D eigenvalue weighted by Crippen LogP contribution is -2.16. The summed E-state index contributed by atoms with van der Waals surface area (Å²) in [4.78, 5) is 8.25. The Labute approximate surface area is 119 Å². The molecule has 0 saturated carbocycles. The molecular weight excluding hydrogens is 282 g/mol. The Morgan fingerprint density at radius 3 is 3.00 bits per heavy atom. The number of nitrogens with zero attached hydrogens (tertiary/aromatic N) is 3. The monoisotopic (exact) mass is 295 g/mol. The highest BCUT2D eigenvalue weighted by Gasteiger charge is 2.28. The van der Waals surface area contributed by atoms with Crippen LogP contribution in [0.1, 0.15) is 18.0 Å². The second-order valence-corrected chi connectivity index (χ2v) is 6.95. The molecule has 3 heterocycles. The van der Waals surface area contributed by atoms with Crippen LogP contribution in [0.25, 0.3) is 11.5 Å². The fourth-order valence-electron chi connectivity index (χ4n) is 1.94. The van der Waals surface area contributed by atoms with E-state index in [2.05, 4.69) is 22.0 Å². The summed E-state index contributed by atoms with van der Waals surface area (Å²) in [6.45, 7) is 2.18. The summed E-state index contributed by atoms with van der Waals surface area (Å²) >= 11 is 3.78. The Kier molecular flexibility index (Phi) is 3.65. The molecule has 2 atom stereocenters. The zero-order valence-electron chi connectivity index (χ0n) is 10.3. The minimum atomic E-state index is 0.0522. The Morgan fingerprint density at radius 2 is 2.21 bits per heavy atom. The molecule has 0 radical (unpaired) electrons. The highest BCUT2D eigenvalue weighted by molar-refractivity contribution is 8.06. The number of thioether (sulfide) groups is 2. The van der Waals surface area contributed by atoms with Crippen LogP contribution in [0.2, 0.25) is 0 Å². The van der Waals surface area contributed by atoms with Crippen molar-refractivity contribution < 1.29 is 9.63 Å². The zero-order valence-corrected chi connectivity index (χ0v) is 11.9. The van der Waals surface area contributed by atoms with Gasteiger partial charge in [-0.05, 0) is 6.07 Å². The molecule has 0 aromatic carbocycles. The smallest absolute Gasteiger partial charge is 0.261 e. The van der Waals surface area contributed by atoms with Gasteiger partial charge in [0, 0.05) is 23.0 Å². The van der Waals surface area contributed by atoms with Gasteiger partial charge in [0.2, 0.25) is 0 Å². The summed E-state index contributed by atoms with van der Waals surface area (Å²) in [6, 6.07) is 1.67. The zero-order chi connectivity index (χ0) is 13.2. The fraction of sp³-hybridized carbons (Fsp3) is 0.417. The van der Waals surface area contributed by atoms with Gasteiger partial charge < -0.3 is 9.63 Å². The maximum absolute atomic E-state index is 9.74. The van der Waals surface area contributed by atoms with E-state index in [1.54, 1.807) is 12.3 Å². The molecule has 2 aromatic heterocycles. The number of aromatic hydroxyl groups is 1. The summed E-state index contributed by atoms with van der Waals surface area (Å²) in [5.74, 6) is 3.37. The van der Waals surface area contributed by atoms with Gasteiger partial charge in [0.05, 0.1) is 17.0 Å². The van der Waals surface area contributed by atoms with Crippen LogP contribution in [0.3, 0.4) is 0 Å². The van der Waals surface area contributed by atoms with Crippen LogP contribution in [-0.4, -0.2) is 37.0 Å². The number of hydrogen-bond acceptors (Lipinski definition) is 7. The molecule has 2 aromatic rings. The van der Waals surface area contributed by atoms with E-state index in [1.807, 2.05) is 23.5 Å². The van der Waals surface area contributed by atoms with Crippen LogP contribution in [-0.2, 0) is 0 Å². The molecule has 0 amide bonds. The van der Waals surface area contributed by atoms with Gasteiger partial charge in [-0.1, -0.05) is 12.1 Å². The van der Waals surface area contributed by atoms with Crippen molar-refractivity contribution >= 4 is 23.5 Å². The van der Waals surface area contributed by atoms with Crippen molar-refractivity contribution in [2.45, 2.75) is 17.4 Å². The van der Waals surface area contributed by atoms with Crippen LogP contribution in [0, 0.1) is 0 Å². The van der Waals surface area contributed by atoms with Gasteiger partial charge >= 0.3 is 0 Å². The maximum Gasteiger partial charge on any atom is 0.261 e. The first-order valence-electron chi connectivity index (χ1n) is 5.96. The van der Waals surface area contributed by atoms with Crippen molar-refractivity contribution in [2.24, 2.45) is 0 Å². The number of hydrogen-bond donors (Lipinski definition) is 1. The van der Waals surface area contributed by atoms with E-state index in [0.717, 1.165) is 11.5 Å². The fourth-order valence-corrected chi connectivity index (χ4v) is 4.62. The third-order valence-electron chi connectivity index (χ3n) is 2.91. The van der Waals surface area contributed by atoms with Crippen molar-refractivity contribution in [1.29, 1.82) is 0 Å². The molecule has 3 rings (SSSR count). The van der Waals surface area contributed by atoms with Gasteiger partial charge in [0.1, 0.15) is 5.75 Å². The van der Waals surface area contributed by atoms with Gasteiger partial charge in [0.25, 0.3) is 5.89 Å². The standard InChI is InChI=1S/C12H13N3O2S2/c1-7-10(19-5-4-18-7)11-14-12(17-15-11)8-2-3-13-6-9(8)16/h2-3,6-7,10,16H,4-5H2,1H3. The first-order valence-corrected chi connectivity index (χ1v) is 8.05. The Morgan fingerprint density at radius 1 is 1.37 bits per heavy atom. The van der Waals surface area contributed by atoms with Crippen molar-refractivity contribution in [3.05, 3.63) is 24.3 Å². The summed E-state index contributed by atoms with van der Waals surface area (Å²) in [6.07, 6.45) is 2.96. The van der Waals surface area contributed by atoms with Crippen molar-refractivity contribution in [2.75, 3.05) is 11.5 Å². The van der Waals surface area contributed by atoms with Gasteiger partial charge in [0.15, 0.2) is 5.82 Å². The van der Waals surface area contributed by atoms with Crippen LogP contribution in [0.5, 0.6) is 5.75 Å². The molecule has 1 aliphatic rings. The van der Waals surface area contributed by atoms with Gasteiger partial charge in [-0.2, -0.15) is 16.7 Å². The van der Waals surface area contributed by atoms with Crippen LogP contribution >= 0.6 is 23.5 Å². The predicted octanol–water partition coefficient (Wildman–Crippen LogP) is 2.75. The van der Waals surface area contributed by atoms with Crippen LogP contribution in [0.15, 0.2) is 23.0 Å². The first-order chi connectivity index (χ1) is 9.25. The largest absolute Gasteiger partial charge is 0.505 e. The molecule has 1 aliphatic heterocycles. The highest BCUT2D eigenvalue weighted by atomic mass is 32.2. The lowest BCUT2D eigenvalue weighted by Gasteiger charge is -2.24. The second kappa shape index (κ2) is 5.42. The minimum Gasteiger partial charge on any atom is -0.505 e. The Hall–Kier alpha value is -1.21. The van der Waals surface area contributed by atoms with E-state index in [4.69, 9.17) is 4.52 Å². The molecule has 0 aliphatic carbocycles. The topological polar surface area (TPSA) is 72.0 Å². The molecule has 19 heavy (non-hydrogen) atoms. The molecule has 1 N–H and O–H groups in total. The van der Waals surface area contributed by atoms with E-state index in [9.17, 15) is 5.11 Å². The van der Waals surface area contributed by atoms with Crippen molar-refractivity contribution in [1.82, 2.24) is 15.1 Å². The van der Waals surface area contributed by atoms with Gasteiger partial charge in [-0.15, -0.1) is 11.8 Å². The lowest BCUT2D eigenvalue weighted by molar-refractivity contribution is 0.416. The van der Waals surface area contributed by atoms with E-state index >= 15 is 0 Å². The van der Waals surface area contributed by atoms with Crippen molar-refractivity contribution in [3.63, 3.8) is 0 Å². The average molecular weight is 295 g/mol. The minimum absolute atomic E-state index is 0.0522. The van der Waals surface area contributed by atoms with Gasteiger partial charge in [-0.3, -0.25) is 4.98 Å². The molecule has 0 spiro atoms. The van der Waals surface area contributed by atoms with E-state index < -0.39 is 0 Å². The molecular formula is C12H13N3O2S2. The first kappa shape index (κ1) is 12.8. The highest BCUT2D eigenvalue weighted by Crippen LogP contribution is 2.41. The molecule has 0 bridgehead atoms. The van der Waals surface area contributed by atoms with Crippen LogP contribution in [0.4, 0.5) is 0 Å². The van der Waals surface area contributed by atoms with E-state index in [-0.39, 0.29) is 11.0 Å². The quantitative estimate of drug-likeness (QED) is 0.913. The summed E-state index contributed by atoms with van der Waals surface area (Å²) in [5.41, 5.74) is 0.523. The molecule has 7 heteroatoms. The number of pyridine rings is 1. The van der Waals surface area contributed by atoms with Crippen LogP contribution < -0.4 is 0 Å². The molecule has 1 saturated heterocycles. The Balaban J connectivity index is 1.89. The molecule has 100 valence electrons. The third-order valence-corrected chi connectivity index (χ3v) is 6.00. The maximum atomic E-state index is 9.74. The number of rotatable bonds is 2. The SMILES string of the molecule is CC1SCCSC1c1noc(-c2ccncc2O)n1. The summed E-state index contributed by atoms with van der Waals surface area (Å²) in [7, 11) is 0. The summed E-state index contributed by atoms with van der Waals surface area (Å²) in [5, 5.41) is 14.5. The van der Waals surface area contributed by atoms with E-state index in [0.29, 0.717) is 22.5 Å². The normalized spacial score (nSPS) is 23.4. The molecule has 5 nitrogen and oxygen atoms in total. The second-order valence-electron chi connectivity index (χ2n) is 4.22.